The minimum atomic E-state index is 0.271. The Balaban J connectivity index is 1.65. The van der Waals surface area contributed by atoms with E-state index in [1.807, 2.05) is 0 Å². The Bertz CT molecular complexity index is 885. The number of benzene rings is 2. The molecule has 34 heavy (non-hydrogen) atoms. The molecule has 0 saturated carbocycles. The second-order valence-corrected chi connectivity index (χ2v) is 9.79. The lowest BCUT2D eigenvalue weighted by molar-refractivity contribution is 0.259. The fraction of sp³-hybridized carbons (Fsp3) is 0.600. The predicted octanol–water partition coefficient (Wildman–Crippen LogP) is 6.94. The first-order valence-corrected chi connectivity index (χ1v) is 13.5. The number of hydrogen-bond donors (Lipinski definition) is 0. The van der Waals surface area contributed by atoms with Crippen LogP contribution in [0.25, 0.3) is 11.1 Å². The van der Waals surface area contributed by atoms with Crippen LogP contribution in [0.15, 0.2) is 30.3 Å². The van der Waals surface area contributed by atoms with Gasteiger partial charge in [0.2, 0.25) is 0 Å². The van der Waals surface area contributed by atoms with Gasteiger partial charge in [-0.2, -0.15) is 0 Å². The molecule has 0 bridgehead atoms. The third-order valence-electron chi connectivity index (χ3n) is 6.68. The van der Waals surface area contributed by atoms with Gasteiger partial charge in [0, 0.05) is 0 Å². The quantitative estimate of drug-likeness (QED) is 0.251. The molecule has 2 aliphatic heterocycles. The van der Waals surface area contributed by atoms with Crippen molar-refractivity contribution in [2.45, 2.75) is 90.8 Å². The topological polar surface area (TPSA) is 43.5 Å². The van der Waals surface area contributed by atoms with E-state index >= 15 is 0 Å². The van der Waals surface area contributed by atoms with Gasteiger partial charge in [0.25, 0.3) is 0 Å². The van der Waals surface area contributed by atoms with E-state index in [9.17, 15) is 0 Å². The van der Waals surface area contributed by atoms with Crippen LogP contribution in [0.1, 0.15) is 76.0 Å². The molecule has 4 heteroatoms. The molecule has 2 saturated heterocycles. The number of aryl methyl sites for hydroxylation is 3. The SMILES string of the molecule is CCCCc1cc(-c2cc(CCCC)c(OCC3CO3)c(CCCC)c2)ccc1OCC1CO1. The average Bonchev–Trinajstić information content (AvgIpc) is 3.78. The molecule has 186 valence electrons. The number of ether oxygens (including phenoxy) is 4. The van der Waals surface area contributed by atoms with E-state index < -0.39 is 0 Å². The standard InChI is InChI=1S/C30H42O4/c1-4-7-10-23-15-22(13-14-29(23)33-20-27-18-31-27)26-16-24(11-8-5-2)30(34-21-28-19-32-28)25(17-26)12-9-6-3/h13-17,27-28H,4-12,18-21H2,1-3H3. The van der Waals surface area contributed by atoms with E-state index in [1.165, 1.54) is 66.3 Å². The van der Waals surface area contributed by atoms with Crippen LogP contribution in [-0.2, 0) is 28.7 Å². The molecule has 0 spiro atoms. The third kappa shape index (κ3) is 7.23. The van der Waals surface area contributed by atoms with Crippen LogP contribution in [0.2, 0.25) is 0 Å². The molecule has 0 aromatic heterocycles. The molecule has 2 fully saturated rings. The van der Waals surface area contributed by atoms with E-state index in [-0.39, 0.29) is 12.2 Å². The lowest BCUT2D eigenvalue weighted by Gasteiger charge is -2.19. The Hall–Kier alpha value is -2.04. The third-order valence-corrected chi connectivity index (χ3v) is 6.68. The molecule has 0 aliphatic carbocycles. The maximum atomic E-state index is 6.38. The van der Waals surface area contributed by atoms with Gasteiger partial charge < -0.3 is 18.9 Å². The maximum Gasteiger partial charge on any atom is 0.125 e. The first-order valence-electron chi connectivity index (χ1n) is 13.5. The van der Waals surface area contributed by atoms with Crippen molar-refractivity contribution in [2.75, 3.05) is 26.4 Å². The van der Waals surface area contributed by atoms with Crippen LogP contribution < -0.4 is 9.47 Å². The first kappa shape index (κ1) is 25.1. The second kappa shape index (κ2) is 12.6. The zero-order valence-electron chi connectivity index (χ0n) is 21.4. The molecular formula is C30H42O4. The Morgan fingerprint density at radius 3 is 1.71 bits per heavy atom. The molecular weight excluding hydrogens is 424 g/mol. The van der Waals surface area contributed by atoms with Crippen molar-refractivity contribution < 1.29 is 18.9 Å². The van der Waals surface area contributed by atoms with Gasteiger partial charge in [-0.15, -0.1) is 0 Å². The van der Waals surface area contributed by atoms with Gasteiger partial charge in [-0.25, -0.2) is 0 Å². The van der Waals surface area contributed by atoms with Gasteiger partial charge in [0.1, 0.15) is 36.9 Å². The summed E-state index contributed by atoms with van der Waals surface area (Å²) in [5.41, 5.74) is 6.55. The largest absolute Gasteiger partial charge is 0.491 e. The summed E-state index contributed by atoms with van der Waals surface area (Å²) < 4.78 is 23.3. The fourth-order valence-corrected chi connectivity index (χ4v) is 4.36. The molecule has 2 aromatic carbocycles. The molecule has 2 aliphatic rings. The van der Waals surface area contributed by atoms with Crippen LogP contribution in [-0.4, -0.2) is 38.6 Å². The highest BCUT2D eigenvalue weighted by molar-refractivity contribution is 5.69. The normalized spacial score (nSPS) is 18.7. The first-order chi connectivity index (χ1) is 16.7. The highest BCUT2D eigenvalue weighted by Crippen LogP contribution is 2.36. The van der Waals surface area contributed by atoms with Crippen molar-refractivity contribution in [2.24, 2.45) is 0 Å². The summed E-state index contributed by atoms with van der Waals surface area (Å²) in [6, 6.07) is 11.5. The molecule has 0 amide bonds. The monoisotopic (exact) mass is 466 g/mol. The zero-order chi connectivity index (χ0) is 23.8. The number of rotatable bonds is 16. The van der Waals surface area contributed by atoms with E-state index in [0.29, 0.717) is 13.2 Å². The highest BCUT2D eigenvalue weighted by atomic mass is 16.6. The highest BCUT2D eigenvalue weighted by Gasteiger charge is 2.25. The summed E-state index contributed by atoms with van der Waals surface area (Å²) in [6.45, 7) is 9.72. The van der Waals surface area contributed by atoms with E-state index in [4.69, 9.17) is 18.9 Å². The summed E-state index contributed by atoms with van der Waals surface area (Å²) in [5.74, 6) is 2.12. The van der Waals surface area contributed by atoms with Crippen LogP contribution in [0, 0.1) is 0 Å². The Labute approximate surface area is 205 Å². The number of hydrogen-bond acceptors (Lipinski definition) is 4. The Morgan fingerprint density at radius 1 is 0.676 bits per heavy atom. The van der Waals surface area contributed by atoms with Crippen LogP contribution >= 0.6 is 0 Å². The molecule has 2 aromatic rings. The van der Waals surface area contributed by atoms with Gasteiger partial charge in [-0.3, -0.25) is 0 Å². The van der Waals surface area contributed by atoms with Gasteiger partial charge in [0.15, 0.2) is 0 Å². The molecule has 0 N–H and O–H groups in total. The van der Waals surface area contributed by atoms with Crippen molar-refractivity contribution in [1.29, 1.82) is 0 Å². The minimum Gasteiger partial charge on any atom is -0.491 e. The van der Waals surface area contributed by atoms with Crippen molar-refractivity contribution in [3.8, 4) is 22.6 Å². The zero-order valence-corrected chi connectivity index (χ0v) is 21.4. The molecule has 2 heterocycles. The van der Waals surface area contributed by atoms with E-state index in [2.05, 4.69) is 51.1 Å². The molecule has 0 radical (unpaired) electrons. The fourth-order valence-electron chi connectivity index (χ4n) is 4.36. The molecule has 2 unspecified atom stereocenters. The lowest BCUT2D eigenvalue weighted by atomic mass is 9.92. The van der Waals surface area contributed by atoms with Gasteiger partial charge >= 0.3 is 0 Å². The summed E-state index contributed by atoms with van der Waals surface area (Å²) in [5, 5.41) is 0. The number of epoxide rings is 2. The van der Waals surface area contributed by atoms with Crippen molar-refractivity contribution in [1.82, 2.24) is 0 Å². The van der Waals surface area contributed by atoms with Crippen molar-refractivity contribution >= 4 is 0 Å². The average molecular weight is 467 g/mol. The van der Waals surface area contributed by atoms with E-state index in [0.717, 1.165) is 44.0 Å². The molecule has 2 atom stereocenters. The lowest BCUT2D eigenvalue weighted by Crippen LogP contribution is -2.09. The Kier molecular flexibility index (Phi) is 9.29. The predicted molar refractivity (Wildman–Crippen MR) is 138 cm³/mol. The summed E-state index contributed by atoms with van der Waals surface area (Å²) in [6.07, 6.45) is 10.7. The molecule has 4 rings (SSSR count). The van der Waals surface area contributed by atoms with Crippen molar-refractivity contribution in [3.63, 3.8) is 0 Å². The smallest absolute Gasteiger partial charge is 0.125 e. The summed E-state index contributed by atoms with van der Waals surface area (Å²) in [4.78, 5) is 0. The Morgan fingerprint density at radius 2 is 1.18 bits per heavy atom. The second-order valence-electron chi connectivity index (χ2n) is 9.79. The van der Waals surface area contributed by atoms with Crippen LogP contribution in [0.3, 0.4) is 0 Å². The van der Waals surface area contributed by atoms with Crippen LogP contribution in [0.5, 0.6) is 11.5 Å². The van der Waals surface area contributed by atoms with Crippen molar-refractivity contribution in [3.05, 3.63) is 47.0 Å². The molecule has 4 nitrogen and oxygen atoms in total. The van der Waals surface area contributed by atoms with Gasteiger partial charge in [-0.05, 0) is 90.6 Å². The maximum absolute atomic E-state index is 6.38. The van der Waals surface area contributed by atoms with Gasteiger partial charge in [-0.1, -0.05) is 46.1 Å². The van der Waals surface area contributed by atoms with E-state index in [1.54, 1.807) is 0 Å². The minimum absolute atomic E-state index is 0.271. The summed E-state index contributed by atoms with van der Waals surface area (Å²) >= 11 is 0. The number of unbranched alkanes of at least 4 members (excludes halogenated alkanes) is 3. The summed E-state index contributed by atoms with van der Waals surface area (Å²) in [7, 11) is 0. The van der Waals surface area contributed by atoms with Crippen LogP contribution in [0.4, 0.5) is 0 Å². The van der Waals surface area contributed by atoms with Gasteiger partial charge in [0.05, 0.1) is 13.2 Å².